The molecule has 0 saturated carbocycles. The Morgan fingerprint density at radius 1 is 1.19 bits per heavy atom. The first kappa shape index (κ1) is 17.2. The lowest BCUT2D eigenvalue weighted by atomic mass is 10.3. The monoisotopic (exact) mass is 299 g/mol. The fourth-order valence-corrected chi connectivity index (χ4v) is 1.67. The van der Waals surface area contributed by atoms with Crippen LogP contribution >= 0.6 is 0 Å². The van der Waals surface area contributed by atoms with Crippen molar-refractivity contribution < 1.29 is 28.6 Å². The number of rotatable bonds is 10. The zero-order valence-corrected chi connectivity index (χ0v) is 12.3. The van der Waals surface area contributed by atoms with Gasteiger partial charge in [0.25, 0.3) is 5.91 Å². The summed E-state index contributed by atoms with van der Waals surface area (Å²) in [7, 11) is 0. The lowest BCUT2D eigenvalue weighted by Gasteiger charge is -2.21. The maximum absolute atomic E-state index is 12.3. The van der Waals surface area contributed by atoms with Crippen molar-refractivity contribution in [2.24, 2.45) is 0 Å². The quantitative estimate of drug-likeness (QED) is 0.658. The normalized spacial score (nSPS) is 10.6. The van der Waals surface area contributed by atoms with Gasteiger partial charge in [0, 0.05) is 32.4 Å². The van der Waals surface area contributed by atoms with Crippen molar-refractivity contribution in [2.45, 2.75) is 13.8 Å². The summed E-state index contributed by atoms with van der Waals surface area (Å²) in [6.45, 7) is 6.47. The van der Waals surface area contributed by atoms with E-state index in [1.54, 1.807) is 0 Å². The van der Waals surface area contributed by atoms with Gasteiger partial charge in [0.1, 0.15) is 6.26 Å². The van der Waals surface area contributed by atoms with Crippen molar-refractivity contribution in [3.63, 3.8) is 0 Å². The summed E-state index contributed by atoms with van der Waals surface area (Å²) in [6.07, 6.45) is 1.05. The van der Waals surface area contributed by atoms with Crippen LogP contribution in [0.4, 0.5) is 0 Å². The molecule has 7 nitrogen and oxygen atoms in total. The molecular formula is C14H21NO6. The number of furan rings is 1. The molecule has 7 heteroatoms. The van der Waals surface area contributed by atoms with Crippen LogP contribution in [0, 0.1) is 0 Å². The Bertz CT molecular complexity index is 446. The van der Waals surface area contributed by atoms with E-state index < -0.39 is 5.97 Å². The topological polar surface area (TPSA) is 89.2 Å². The van der Waals surface area contributed by atoms with E-state index in [2.05, 4.69) is 0 Å². The molecule has 0 aliphatic heterocycles. The summed E-state index contributed by atoms with van der Waals surface area (Å²) in [6, 6.07) is 1.22. The molecule has 21 heavy (non-hydrogen) atoms. The molecule has 0 saturated heterocycles. The highest BCUT2D eigenvalue weighted by molar-refractivity contribution is 5.95. The minimum atomic E-state index is -1.13. The van der Waals surface area contributed by atoms with Crippen molar-refractivity contribution in [2.75, 3.05) is 39.5 Å². The molecule has 1 aromatic rings. The highest BCUT2D eigenvalue weighted by Crippen LogP contribution is 2.11. The molecule has 0 unspecified atom stereocenters. The van der Waals surface area contributed by atoms with Crippen molar-refractivity contribution >= 4 is 11.9 Å². The third-order valence-corrected chi connectivity index (χ3v) is 2.76. The second-order valence-electron chi connectivity index (χ2n) is 4.19. The van der Waals surface area contributed by atoms with E-state index in [0.717, 1.165) is 6.26 Å². The minimum absolute atomic E-state index is 0.000368. The lowest BCUT2D eigenvalue weighted by Crippen LogP contribution is -2.36. The third kappa shape index (κ3) is 5.57. The van der Waals surface area contributed by atoms with Crippen molar-refractivity contribution in [1.29, 1.82) is 0 Å². The van der Waals surface area contributed by atoms with Crippen LogP contribution in [-0.2, 0) is 9.47 Å². The van der Waals surface area contributed by atoms with E-state index >= 15 is 0 Å². The number of carbonyl (C=O) groups excluding carboxylic acids is 1. The Kier molecular flexibility index (Phi) is 7.49. The van der Waals surface area contributed by atoms with Gasteiger partial charge in [-0.05, 0) is 13.8 Å². The van der Waals surface area contributed by atoms with E-state index in [1.807, 2.05) is 13.8 Å². The van der Waals surface area contributed by atoms with Crippen LogP contribution in [0.25, 0.3) is 0 Å². The molecular weight excluding hydrogens is 278 g/mol. The molecule has 1 rings (SSSR count). The number of hydrogen-bond acceptors (Lipinski definition) is 5. The molecule has 1 aromatic heterocycles. The molecule has 0 aliphatic rings. The summed E-state index contributed by atoms with van der Waals surface area (Å²) >= 11 is 0. The number of nitrogens with zero attached hydrogens (tertiary/aromatic N) is 1. The Morgan fingerprint density at radius 2 is 1.76 bits per heavy atom. The molecule has 0 atom stereocenters. The van der Waals surface area contributed by atoms with Crippen LogP contribution in [-0.4, -0.2) is 61.4 Å². The summed E-state index contributed by atoms with van der Waals surface area (Å²) < 4.78 is 15.5. The molecule has 1 amide bonds. The van der Waals surface area contributed by atoms with E-state index in [9.17, 15) is 9.59 Å². The summed E-state index contributed by atoms with van der Waals surface area (Å²) in [4.78, 5) is 24.6. The van der Waals surface area contributed by atoms with Crippen LogP contribution < -0.4 is 0 Å². The van der Waals surface area contributed by atoms with Crippen LogP contribution in [0.15, 0.2) is 16.7 Å². The van der Waals surface area contributed by atoms with Crippen molar-refractivity contribution in [3.8, 4) is 0 Å². The second-order valence-corrected chi connectivity index (χ2v) is 4.19. The number of ether oxygens (including phenoxy) is 2. The summed E-state index contributed by atoms with van der Waals surface area (Å²) in [5.74, 6) is -1.50. The number of carboxylic acid groups (broad SMARTS) is 1. The summed E-state index contributed by atoms with van der Waals surface area (Å²) in [5.41, 5.74) is -0.0482. The smallest absolute Gasteiger partial charge is 0.338 e. The van der Waals surface area contributed by atoms with Gasteiger partial charge in [-0.1, -0.05) is 0 Å². The maximum Gasteiger partial charge on any atom is 0.338 e. The van der Waals surface area contributed by atoms with Crippen molar-refractivity contribution in [3.05, 3.63) is 23.7 Å². The zero-order valence-electron chi connectivity index (χ0n) is 12.3. The van der Waals surface area contributed by atoms with Gasteiger partial charge in [-0.25, -0.2) is 4.79 Å². The van der Waals surface area contributed by atoms with Gasteiger partial charge in [-0.15, -0.1) is 0 Å². The largest absolute Gasteiger partial charge is 0.478 e. The highest BCUT2D eigenvalue weighted by Gasteiger charge is 2.20. The number of carbonyl (C=O) groups is 2. The predicted molar refractivity (Wildman–Crippen MR) is 74.6 cm³/mol. The third-order valence-electron chi connectivity index (χ3n) is 2.76. The maximum atomic E-state index is 12.3. The van der Waals surface area contributed by atoms with E-state index in [1.165, 1.54) is 11.0 Å². The number of amides is 1. The lowest BCUT2D eigenvalue weighted by molar-refractivity contribution is 0.0524. The van der Waals surface area contributed by atoms with Gasteiger partial charge in [0.2, 0.25) is 0 Å². The molecule has 0 radical (unpaired) electrons. The van der Waals surface area contributed by atoms with Gasteiger partial charge < -0.3 is 23.9 Å². The first-order chi connectivity index (χ1) is 10.1. The molecule has 0 spiro atoms. The van der Waals surface area contributed by atoms with Crippen LogP contribution in [0.3, 0.4) is 0 Å². The highest BCUT2D eigenvalue weighted by atomic mass is 16.5. The van der Waals surface area contributed by atoms with Gasteiger partial charge in [-0.3, -0.25) is 4.79 Å². The molecule has 0 bridgehead atoms. The molecule has 0 fully saturated rings. The molecule has 118 valence electrons. The Labute approximate surface area is 123 Å². The van der Waals surface area contributed by atoms with Gasteiger partial charge in [0.15, 0.2) is 5.76 Å². The predicted octanol–water partition coefficient (Wildman–Crippen LogP) is 1.49. The zero-order chi connectivity index (χ0) is 15.7. The van der Waals surface area contributed by atoms with Gasteiger partial charge in [0.05, 0.1) is 18.8 Å². The first-order valence-corrected chi connectivity index (χ1v) is 6.86. The summed E-state index contributed by atoms with van der Waals surface area (Å²) in [5, 5.41) is 8.84. The number of carboxylic acids is 1. The number of hydrogen-bond donors (Lipinski definition) is 1. The van der Waals surface area contributed by atoms with Gasteiger partial charge >= 0.3 is 5.97 Å². The second kappa shape index (κ2) is 9.15. The van der Waals surface area contributed by atoms with Crippen LogP contribution in [0.5, 0.6) is 0 Å². The van der Waals surface area contributed by atoms with Crippen molar-refractivity contribution in [1.82, 2.24) is 4.90 Å². The van der Waals surface area contributed by atoms with E-state index in [4.69, 9.17) is 19.0 Å². The fraction of sp³-hybridized carbons (Fsp3) is 0.571. The molecule has 1 heterocycles. The van der Waals surface area contributed by atoms with Gasteiger partial charge in [-0.2, -0.15) is 0 Å². The SMILES string of the molecule is CCOCCN(CCOCC)C(=O)c1cc(C(=O)O)co1. The van der Waals surface area contributed by atoms with E-state index in [-0.39, 0.29) is 17.2 Å². The first-order valence-electron chi connectivity index (χ1n) is 6.86. The number of aromatic carboxylic acids is 1. The molecule has 0 aromatic carbocycles. The van der Waals surface area contributed by atoms with E-state index in [0.29, 0.717) is 39.5 Å². The average Bonchev–Trinajstić information content (AvgIpc) is 2.95. The molecule has 0 aliphatic carbocycles. The standard InChI is InChI=1S/C14H21NO6/c1-3-19-7-5-15(6-8-20-4-2)13(16)12-9-11(10-21-12)14(17)18/h9-10H,3-8H2,1-2H3,(H,17,18). The molecule has 1 N–H and O–H groups in total. The minimum Gasteiger partial charge on any atom is -0.478 e. The Morgan fingerprint density at radius 3 is 2.19 bits per heavy atom. The average molecular weight is 299 g/mol. The van der Waals surface area contributed by atoms with Crippen LogP contribution in [0.2, 0.25) is 0 Å². The van der Waals surface area contributed by atoms with Crippen LogP contribution in [0.1, 0.15) is 34.8 Å². The Hall–Kier alpha value is -1.86. The fourth-order valence-electron chi connectivity index (χ4n) is 1.67. The Balaban J connectivity index is 2.69.